The lowest BCUT2D eigenvalue weighted by atomic mass is 9.86. The van der Waals surface area contributed by atoms with E-state index in [9.17, 15) is 9.59 Å². The van der Waals surface area contributed by atoms with E-state index in [1.807, 2.05) is 13.0 Å². The van der Waals surface area contributed by atoms with Gasteiger partial charge in [0.05, 0.1) is 18.1 Å². The summed E-state index contributed by atoms with van der Waals surface area (Å²) in [5.41, 5.74) is 2.49. The van der Waals surface area contributed by atoms with Gasteiger partial charge in [0.1, 0.15) is 11.3 Å². The second kappa shape index (κ2) is 5.36. The fraction of sp³-hybridized carbons (Fsp3) is 0.200. The zero-order chi connectivity index (χ0) is 17.8. The van der Waals surface area contributed by atoms with E-state index < -0.39 is 11.9 Å². The van der Waals surface area contributed by atoms with Crippen molar-refractivity contribution in [3.05, 3.63) is 63.5 Å². The van der Waals surface area contributed by atoms with Crippen molar-refractivity contribution in [2.24, 2.45) is 0 Å². The molecule has 0 aliphatic carbocycles. The summed E-state index contributed by atoms with van der Waals surface area (Å²) in [6, 6.07) is 8.87. The zero-order valence-corrected chi connectivity index (χ0v) is 13.9. The molecule has 0 N–H and O–H groups in total. The SMILES string of the molecule is Cc1ccc2occ(C3CC(=O)Oc4cc5c(cc43)OCO5)c(=O)c2c1. The summed E-state index contributed by atoms with van der Waals surface area (Å²) in [7, 11) is 0. The quantitative estimate of drug-likeness (QED) is 0.495. The van der Waals surface area contributed by atoms with Gasteiger partial charge in [-0.1, -0.05) is 11.6 Å². The lowest BCUT2D eigenvalue weighted by Gasteiger charge is -2.24. The van der Waals surface area contributed by atoms with Crippen LogP contribution in [0.2, 0.25) is 0 Å². The first-order valence-electron chi connectivity index (χ1n) is 8.26. The molecule has 0 fully saturated rings. The van der Waals surface area contributed by atoms with Gasteiger partial charge in [0, 0.05) is 23.1 Å². The Morgan fingerprint density at radius 3 is 2.62 bits per heavy atom. The molecule has 1 unspecified atom stereocenters. The first kappa shape index (κ1) is 15.0. The van der Waals surface area contributed by atoms with Crippen LogP contribution in [0.15, 0.2) is 45.8 Å². The van der Waals surface area contributed by atoms with Crippen LogP contribution in [-0.4, -0.2) is 12.8 Å². The molecule has 2 aliphatic rings. The van der Waals surface area contributed by atoms with Gasteiger partial charge >= 0.3 is 5.97 Å². The molecule has 0 bridgehead atoms. The highest BCUT2D eigenvalue weighted by Gasteiger charge is 2.33. The van der Waals surface area contributed by atoms with Crippen molar-refractivity contribution in [1.29, 1.82) is 0 Å². The van der Waals surface area contributed by atoms with Crippen LogP contribution in [0.5, 0.6) is 17.2 Å². The summed E-state index contributed by atoms with van der Waals surface area (Å²) in [6.45, 7) is 2.04. The number of ether oxygens (including phenoxy) is 3. The van der Waals surface area contributed by atoms with E-state index in [4.69, 9.17) is 18.6 Å². The number of hydrogen-bond acceptors (Lipinski definition) is 6. The summed E-state index contributed by atoms with van der Waals surface area (Å²) >= 11 is 0. The fourth-order valence-electron chi connectivity index (χ4n) is 3.52. The van der Waals surface area contributed by atoms with E-state index in [0.29, 0.717) is 39.3 Å². The Bertz CT molecular complexity index is 1130. The maximum atomic E-state index is 13.1. The highest BCUT2D eigenvalue weighted by molar-refractivity contribution is 5.81. The Morgan fingerprint density at radius 1 is 0.962 bits per heavy atom. The number of fused-ring (bicyclic) bond motifs is 3. The van der Waals surface area contributed by atoms with Crippen LogP contribution < -0.4 is 19.6 Å². The van der Waals surface area contributed by atoms with Gasteiger partial charge in [-0.25, -0.2) is 0 Å². The Hall–Kier alpha value is -3.28. The second-order valence-electron chi connectivity index (χ2n) is 6.49. The molecule has 1 atom stereocenters. The first-order chi connectivity index (χ1) is 12.6. The molecule has 2 aliphatic heterocycles. The Balaban J connectivity index is 1.72. The normalized spacial score (nSPS) is 17.9. The minimum Gasteiger partial charge on any atom is -0.464 e. The van der Waals surface area contributed by atoms with Crippen molar-refractivity contribution in [2.45, 2.75) is 19.3 Å². The highest BCUT2D eigenvalue weighted by atomic mass is 16.7. The molecule has 3 heterocycles. The monoisotopic (exact) mass is 350 g/mol. The van der Waals surface area contributed by atoms with Gasteiger partial charge in [-0.3, -0.25) is 9.59 Å². The van der Waals surface area contributed by atoms with E-state index in [2.05, 4.69) is 0 Å². The van der Waals surface area contributed by atoms with E-state index in [-0.39, 0.29) is 18.6 Å². The summed E-state index contributed by atoms with van der Waals surface area (Å²) in [4.78, 5) is 25.2. The molecular formula is C20H14O6. The molecule has 26 heavy (non-hydrogen) atoms. The van der Waals surface area contributed by atoms with Gasteiger partial charge < -0.3 is 18.6 Å². The second-order valence-corrected chi connectivity index (χ2v) is 6.49. The standard InChI is InChI=1S/C20H14O6/c1-10-2-3-15-13(4-10)20(22)14(8-23-15)11-6-19(21)26-16-7-18-17(5-12(11)16)24-9-25-18/h2-5,7-8,11H,6,9H2,1H3. The summed E-state index contributed by atoms with van der Waals surface area (Å²) in [5.74, 6) is 0.636. The molecule has 3 aromatic rings. The van der Waals surface area contributed by atoms with E-state index >= 15 is 0 Å². The van der Waals surface area contributed by atoms with Gasteiger partial charge in [0.2, 0.25) is 6.79 Å². The number of carbonyl (C=O) groups excluding carboxylic acids is 1. The summed E-state index contributed by atoms with van der Waals surface area (Å²) in [6.07, 6.45) is 1.51. The van der Waals surface area contributed by atoms with Crippen LogP contribution in [0.3, 0.4) is 0 Å². The lowest BCUT2D eigenvalue weighted by Crippen LogP contribution is -2.24. The van der Waals surface area contributed by atoms with Gasteiger partial charge in [0.25, 0.3) is 0 Å². The summed E-state index contributed by atoms with van der Waals surface area (Å²) in [5, 5.41) is 0.503. The number of hydrogen-bond donors (Lipinski definition) is 0. The third kappa shape index (κ3) is 2.19. The molecule has 0 saturated heterocycles. The maximum Gasteiger partial charge on any atom is 0.312 e. The average molecular weight is 350 g/mol. The van der Waals surface area contributed by atoms with Crippen LogP contribution >= 0.6 is 0 Å². The van der Waals surface area contributed by atoms with Crippen molar-refractivity contribution in [1.82, 2.24) is 0 Å². The minimum atomic E-state index is -0.457. The summed E-state index contributed by atoms with van der Waals surface area (Å²) < 4.78 is 21.8. The van der Waals surface area contributed by atoms with Gasteiger partial charge in [-0.15, -0.1) is 0 Å². The maximum absolute atomic E-state index is 13.1. The molecule has 1 aromatic heterocycles. The van der Waals surface area contributed by atoms with Gasteiger partial charge in [-0.2, -0.15) is 0 Å². The number of aryl methyl sites for hydroxylation is 1. The van der Waals surface area contributed by atoms with Crippen LogP contribution in [0.25, 0.3) is 11.0 Å². The van der Waals surface area contributed by atoms with Crippen molar-refractivity contribution < 1.29 is 23.4 Å². The topological polar surface area (TPSA) is 75.0 Å². The molecule has 0 saturated carbocycles. The van der Waals surface area contributed by atoms with Crippen molar-refractivity contribution in [3.63, 3.8) is 0 Å². The first-order valence-corrected chi connectivity index (χ1v) is 8.26. The number of rotatable bonds is 1. The number of esters is 1. The van der Waals surface area contributed by atoms with Crippen LogP contribution in [0.4, 0.5) is 0 Å². The van der Waals surface area contributed by atoms with E-state index in [1.165, 1.54) is 6.26 Å². The molecule has 0 radical (unpaired) electrons. The van der Waals surface area contributed by atoms with Crippen LogP contribution in [0.1, 0.15) is 29.0 Å². The number of carbonyl (C=O) groups is 1. The number of benzene rings is 2. The predicted octanol–water partition coefficient (Wildman–Crippen LogP) is 3.27. The van der Waals surface area contributed by atoms with Crippen molar-refractivity contribution >= 4 is 16.9 Å². The average Bonchev–Trinajstić information content (AvgIpc) is 3.07. The Labute approximate surface area is 147 Å². The smallest absolute Gasteiger partial charge is 0.312 e. The fourth-order valence-corrected chi connectivity index (χ4v) is 3.52. The van der Waals surface area contributed by atoms with Crippen molar-refractivity contribution in [2.75, 3.05) is 6.79 Å². The molecule has 130 valence electrons. The lowest BCUT2D eigenvalue weighted by molar-refractivity contribution is -0.135. The molecule has 0 amide bonds. The van der Waals surface area contributed by atoms with Gasteiger partial charge in [-0.05, 0) is 25.1 Å². The predicted molar refractivity (Wildman–Crippen MR) is 91.9 cm³/mol. The molecular weight excluding hydrogens is 336 g/mol. The molecule has 2 aromatic carbocycles. The Kier molecular flexibility index (Phi) is 3.09. The van der Waals surface area contributed by atoms with Gasteiger partial charge in [0.15, 0.2) is 16.9 Å². The van der Waals surface area contributed by atoms with E-state index in [1.54, 1.807) is 24.3 Å². The minimum absolute atomic E-state index is 0.0642. The molecule has 5 rings (SSSR count). The zero-order valence-electron chi connectivity index (χ0n) is 13.9. The largest absolute Gasteiger partial charge is 0.464 e. The molecule has 6 nitrogen and oxygen atoms in total. The molecule has 6 heteroatoms. The third-order valence-corrected chi connectivity index (χ3v) is 4.81. The third-order valence-electron chi connectivity index (χ3n) is 4.81. The van der Waals surface area contributed by atoms with Crippen molar-refractivity contribution in [3.8, 4) is 17.2 Å². The highest BCUT2D eigenvalue weighted by Crippen LogP contribution is 2.45. The Morgan fingerprint density at radius 2 is 1.77 bits per heavy atom. The van der Waals surface area contributed by atoms with Crippen LogP contribution in [-0.2, 0) is 4.79 Å². The van der Waals surface area contributed by atoms with E-state index in [0.717, 1.165) is 5.56 Å². The molecule has 0 spiro atoms. The van der Waals surface area contributed by atoms with Crippen LogP contribution in [0, 0.1) is 6.92 Å².